The summed E-state index contributed by atoms with van der Waals surface area (Å²) in [7, 11) is 1.20. The standard InChI is InChI=1S/C4H9NO2.CH3NO2/c1-2-3-4-7-5-6;1-4-2-3/h2-4H2,1H3;1H3. The maximum absolute atomic E-state index is 9.21. The van der Waals surface area contributed by atoms with E-state index in [-0.39, 0.29) is 0 Å². The molecular formula is C5H12N2O4. The van der Waals surface area contributed by atoms with Crippen molar-refractivity contribution in [3.8, 4) is 0 Å². The lowest BCUT2D eigenvalue weighted by Crippen LogP contribution is -1.83. The van der Waals surface area contributed by atoms with Crippen molar-refractivity contribution in [1.29, 1.82) is 0 Å². The molecule has 66 valence electrons. The van der Waals surface area contributed by atoms with E-state index in [1.54, 1.807) is 0 Å². The highest BCUT2D eigenvalue weighted by molar-refractivity contribution is 4.26. The fraction of sp³-hybridized carbons (Fsp3) is 1.00. The Morgan fingerprint density at radius 2 is 1.82 bits per heavy atom. The Morgan fingerprint density at radius 3 is 2.09 bits per heavy atom. The van der Waals surface area contributed by atoms with Gasteiger partial charge in [0.05, 0.1) is 0 Å². The normalized spacial score (nSPS) is 7.09. The van der Waals surface area contributed by atoms with Crippen molar-refractivity contribution >= 4 is 0 Å². The molecule has 0 rings (SSSR count). The van der Waals surface area contributed by atoms with Crippen LogP contribution in [0.1, 0.15) is 19.8 Å². The van der Waals surface area contributed by atoms with Crippen LogP contribution in [0.5, 0.6) is 0 Å². The van der Waals surface area contributed by atoms with Gasteiger partial charge < -0.3 is 9.68 Å². The van der Waals surface area contributed by atoms with Crippen molar-refractivity contribution in [3.05, 3.63) is 9.81 Å². The molecular weight excluding hydrogens is 152 g/mol. The van der Waals surface area contributed by atoms with Gasteiger partial charge in [0.2, 0.25) is 0 Å². The summed E-state index contributed by atoms with van der Waals surface area (Å²) in [5.41, 5.74) is 0. The summed E-state index contributed by atoms with van der Waals surface area (Å²) in [5.74, 6) is 0. The third kappa shape index (κ3) is 28.2. The van der Waals surface area contributed by atoms with Crippen molar-refractivity contribution in [2.24, 2.45) is 10.7 Å². The Balaban J connectivity index is 0. The molecule has 0 heterocycles. The van der Waals surface area contributed by atoms with Crippen LogP contribution in [-0.4, -0.2) is 13.7 Å². The first kappa shape index (κ1) is 12.5. The largest absolute Gasteiger partial charge is 0.367 e. The van der Waals surface area contributed by atoms with Crippen LogP contribution in [0.3, 0.4) is 0 Å². The molecule has 0 aromatic heterocycles. The second-order valence-corrected chi connectivity index (χ2v) is 1.52. The van der Waals surface area contributed by atoms with Crippen LogP contribution in [0, 0.1) is 9.81 Å². The quantitative estimate of drug-likeness (QED) is 0.352. The molecule has 0 saturated carbocycles. The van der Waals surface area contributed by atoms with E-state index < -0.39 is 0 Å². The average molecular weight is 164 g/mol. The predicted molar refractivity (Wildman–Crippen MR) is 39.5 cm³/mol. The van der Waals surface area contributed by atoms with Crippen molar-refractivity contribution < 1.29 is 9.68 Å². The molecule has 0 amide bonds. The summed E-state index contributed by atoms with van der Waals surface area (Å²) in [4.78, 5) is 25.7. The minimum atomic E-state index is 0.458. The van der Waals surface area contributed by atoms with E-state index in [2.05, 4.69) is 15.0 Å². The molecule has 0 N–H and O–H groups in total. The molecule has 0 spiro atoms. The van der Waals surface area contributed by atoms with Crippen molar-refractivity contribution in [3.63, 3.8) is 0 Å². The molecule has 0 saturated heterocycles. The highest BCUT2D eigenvalue weighted by atomic mass is 16.7. The van der Waals surface area contributed by atoms with Gasteiger partial charge in [0, 0.05) is 0 Å². The molecule has 0 atom stereocenters. The zero-order valence-electron chi connectivity index (χ0n) is 6.65. The number of unbranched alkanes of at least 4 members (excludes halogenated alkanes) is 1. The van der Waals surface area contributed by atoms with Gasteiger partial charge in [0.25, 0.3) is 0 Å². The van der Waals surface area contributed by atoms with E-state index in [0.29, 0.717) is 6.61 Å². The first-order valence-corrected chi connectivity index (χ1v) is 3.13. The first-order valence-electron chi connectivity index (χ1n) is 3.13. The summed E-state index contributed by atoms with van der Waals surface area (Å²) in [6.07, 6.45) is 1.95. The molecule has 0 aromatic carbocycles. The minimum absolute atomic E-state index is 0.458. The maximum atomic E-state index is 9.21. The van der Waals surface area contributed by atoms with Gasteiger partial charge in [0.15, 0.2) is 10.7 Å². The lowest BCUT2D eigenvalue weighted by atomic mass is 10.4. The smallest absolute Gasteiger partial charge is 0.155 e. The predicted octanol–water partition coefficient (Wildman–Crippen LogP) is 1.80. The molecule has 6 heteroatoms. The molecule has 0 aliphatic rings. The fourth-order valence-corrected chi connectivity index (χ4v) is 0.246. The minimum Gasteiger partial charge on any atom is -0.367 e. The Labute approximate surface area is 64.7 Å². The van der Waals surface area contributed by atoms with Gasteiger partial charge >= 0.3 is 0 Å². The lowest BCUT2D eigenvalue weighted by Gasteiger charge is -1.88. The summed E-state index contributed by atoms with van der Waals surface area (Å²) < 4.78 is 0. The third-order valence-electron chi connectivity index (χ3n) is 0.716. The highest BCUT2D eigenvalue weighted by Gasteiger charge is 1.79. The second kappa shape index (κ2) is 15.9. The summed E-state index contributed by atoms with van der Waals surface area (Å²) in [6.45, 7) is 2.48. The number of hydrogen-bond donors (Lipinski definition) is 0. The Hall–Kier alpha value is -1.20. The molecule has 0 aliphatic heterocycles. The van der Waals surface area contributed by atoms with Crippen LogP contribution < -0.4 is 0 Å². The van der Waals surface area contributed by atoms with E-state index >= 15 is 0 Å². The number of rotatable bonds is 5. The third-order valence-corrected chi connectivity index (χ3v) is 0.716. The molecule has 6 nitrogen and oxygen atoms in total. The van der Waals surface area contributed by atoms with Gasteiger partial charge in [-0.15, -0.1) is 9.81 Å². The zero-order chi connectivity index (χ0) is 8.95. The monoisotopic (exact) mass is 164 g/mol. The SMILES string of the molecule is CCCCON=O.CON=O. The summed E-state index contributed by atoms with van der Waals surface area (Å²) in [6, 6.07) is 0. The van der Waals surface area contributed by atoms with E-state index in [1.165, 1.54) is 7.11 Å². The van der Waals surface area contributed by atoms with Crippen LogP contribution >= 0.6 is 0 Å². The molecule has 0 radical (unpaired) electrons. The van der Waals surface area contributed by atoms with Gasteiger partial charge in [-0.25, -0.2) is 0 Å². The lowest BCUT2D eigenvalue weighted by molar-refractivity contribution is 0.136. The van der Waals surface area contributed by atoms with E-state index in [0.717, 1.165) is 12.8 Å². The highest BCUT2D eigenvalue weighted by Crippen LogP contribution is 1.86. The van der Waals surface area contributed by atoms with Crippen LogP contribution in [0.2, 0.25) is 0 Å². The topological polar surface area (TPSA) is 77.3 Å². The van der Waals surface area contributed by atoms with Gasteiger partial charge in [0.1, 0.15) is 13.7 Å². The van der Waals surface area contributed by atoms with E-state index in [1.807, 2.05) is 12.3 Å². The molecule has 0 aromatic rings. The fourth-order valence-electron chi connectivity index (χ4n) is 0.246. The van der Waals surface area contributed by atoms with Crippen LogP contribution in [0.25, 0.3) is 0 Å². The second-order valence-electron chi connectivity index (χ2n) is 1.52. The van der Waals surface area contributed by atoms with E-state index in [4.69, 9.17) is 4.91 Å². The Kier molecular flexibility index (Phi) is 18.0. The zero-order valence-corrected chi connectivity index (χ0v) is 6.65. The summed E-state index contributed by atoms with van der Waals surface area (Å²) in [5, 5.41) is 4.21. The van der Waals surface area contributed by atoms with Gasteiger partial charge in [-0.3, -0.25) is 0 Å². The van der Waals surface area contributed by atoms with Crippen molar-refractivity contribution in [1.82, 2.24) is 0 Å². The molecule has 0 fully saturated rings. The van der Waals surface area contributed by atoms with Gasteiger partial charge in [-0.1, -0.05) is 13.3 Å². The van der Waals surface area contributed by atoms with Crippen LogP contribution in [0.4, 0.5) is 0 Å². The molecule has 0 bridgehead atoms. The van der Waals surface area contributed by atoms with Crippen molar-refractivity contribution in [2.45, 2.75) is 19.8 Å². The van der Waals surface area contributed by atoms with Gasteiger partial charge in [-0.05, 0) is 6.42 Å². The Morgan fingerprint density at radius 1 is 1.27 bits per heavy atom. The van der Waals surface area contributed by atoms with Crippen LogP contribution in [0.15, 0.2) is 10.7 Å². The van der Waals surface area contributed by atoms with Gasteiger partial charge in [-0.2, -0.15) is 0 Å². The average Bonchev–Trinajstić information content (AvgIpc) is 2.06. The summed E-state index contributed by atoms with van der Waals surface area (Å²) >= 11 is 0. The van der Waals surface area contributed by atoms with E-state index in [9.17, 15) is 4.91 Å². The Bertz CT molecular complexity index is 88.6. The number of hydrogen-bond acceptors (Lipinski definition) is 6. The molecule has 0 aliphatic carbocycles. The molecule has 11 heavy (non-hydrogen) atoms. The molecule has 0 unspecified atom stereocenters. The van der Waals surface area contributed by atoms with Crippen LogP contribution in [-0.2, 0) is 9.68 Å². The van der Waals surface area contributed by atoms with Crippen molar-refractivity contribution in [2.75, 3.05) is 13.7 Å². The first-order chi connectivity index (χ1) is 5.33. The number of nitrogens with zero attached hydrogens (tertiary/aromatic N) is 2. The maximum Gasteiger partial charge on any atom is 0.155 e.